The van der Waals surface area contributed by atoms with Crippen molar-refractivity contribution in [1.82, 2.24) is 10.2 Å². The molecular weight excluding hydrogens is 297 g/mol. The van der Waals surface area contributed by atoms with E-state index in [2.05, 4.69) is 10.3 Å². The van der Waals surface area contributed by atoms with Gasteiger partial charge in [0.05, 0.1) is 12.8 Å². The molecule has 0 unspecified atom stereocenters. The lowest BCUT2D eigenvalue weighted by Crippen LogP contribution is -2.41. The zero-order valence-corrected chi connectivity index (χ0v) is 13.5. The summed E-state index contributed by atoms with van der Waals surface area (Å²) in [6.07, 6.45) is 2.45. The number of para-hydroxylation sites is 1. The van der Waals surface area contributed by atoms with Gasteiger partial charge >= 0.3 is 0 Å². The van der Waals surface area contributed by atoms with Crippen LogP contribution in [-0.2, 0) is 6.42 Å². The summed E-state index contributed by atoms with van der Waals surface area (Å²) in [7, 11) is 3.64. The smallest absolute Gasteiger partial charge is 0.193 e. The number of ether oxygens (including phenoxy) is 1. The Bertz CT molecular complexity index is 614. The molecule has 6 heteroatoms. The molecule has 23 heavy (non-hydrogen) atoms. The van der Waals surface area contributed by atoms with Crippen molar-refractivity contribution in [3.8, 4) is 5.75 Å². The Balaban J connectivity index is 1.72. The van der Waals surface area contributed by atoms with Gasteiger partial charge in [-0.25, -0.2) is 4.39 Å². The van der Waals surface area contributed by atoms with Gasteiger partial charge in [-0.15, -0.1) is 0 Å². The highest BCUT2D eigenvalue weighted by Gasteiger charge is 2.07. The number of benzene rings is 1. The molecule has 0 aliphatic heterocycles. The fraction of sp³-hybridized carbons (Fsp3) is 0.353. The number of nitrogens with one attached hydrogen (secondary N) is 1. The van der Waals surface area contributed by atoms with E-state index in [0.717, 1.165) is 24.7 Å². The number of furan rings is 1. The van der Waals surface area contributed by atoms with Crippen molar-refractivity contribution in [2.24, 2.45) is 4.99 Å². The van der Waals surface area contributed by atoms with Gasteiger partial charge in [-0.05, 0) is 24.3 Å². The summed E-state index contributed by atoms with van der Waals surface area (Å²) in [5.74, 6) is 1.60. The molecule has 2 aromatic rings. The third-order valence-corrected chi connectivity index (χ3v) is 3.33. The Hall–Kier alpha value is -2.50. The first-order chi connectivity index (χ1) is 11.2. The maximum absolute atomic E-state index is 13.5. The number of hydrogen-bond acceptors (Lipinski definition) is 3. The van der Waals surface area contributed by atoms with Crippen LogP contribution in [-0.4, -0.2) is 44.7 Å². The van der Waals surface area contributed by atoms with Crippen LogP contribution in [0.5, 0.6) is 5.75 Å². The monoisotopic (exact) mass is 319 g/mol. The Morgan fingerprint density at radius 2 is 2.13 bits per heavy atom. The predicted molar refractivity (Wildman–Crippen MR) is 88.3 cm³/mol. The Kier molecular flexibility index (Phi) is 6.47. The first-order valence-electron chi connectivity index (χ1n) is 7.52. The zero-order valence-electron chi connectivity index (χ0n) is 13.5. The summed E-state index contributed by atoms with van der Waals surface area (Å²) in [5, 5.41) is 3.25. The SMILES string of the molecule is CN=C(NCCc1ccco1)N(C)CCOc1ccccc1F. The molecule has 1 N–H and O–H groups in total. The molecule has 0 aliphatic rings. The average molecular weight is 319 g/mol. The summed E-state index contributed by atoms with van der Waals surface area (Å²) in [6.45, 7) is 1.68. The van der Waals surface area contributed by atoms with E-state index in [9.17, 15) is 4.39 Å². The fourth-order valence-corrected chi connectivity index (χ4v) is 2.10. The van der Waals surface area contributed by atoms with E-state index in [1.165, 1.54) is 6.07 Å². The zero-order chi connectivity index (χ0) is 16.5. The number of likely N-dealkylation sites (N-methyl/N-ethyl adjacent to an activating group) is 1. The highest BCUT2D eigenvalue weighted by atomic mass is 19.1. The molecule has 0 amide bonds. The van der Waals surface area contributed by atoms with Crippen LogP contribution >= 0.6 is 0 Å². The molecule has 0 saturated heterocycles. The van der Waals surface area contributed by atoms with Crippen LogP contribution in [0.4, 0.5) is 4.39 Å². The van der Waals surface area contributed by atoms with E-state index in [4.69, 9.17) is 9.15 Å². The molecule has 1 heterocycles. The quantitative estimate of drug-likeness (QED) is 0.629. The van der Waals surface area contributed by atoms with Crippen LogP contribution in [0.1, 0.15) is 5.76 Å². The van der Waals surface area contributed by atoms with Crippen LogP contribution in [0, 0.1) is 5.82 Å². The topological polar surface area (TPSA) is 50.0 Å². The number of halogens is 1. The lowest BCUT2D eigenvalue weighted by Gasteiger charge is -2.22. The van der Waals surface area contributed by atoms with Crippen molar-refractivity contribution in [2.75, 3.05) is 33.8 Å². The van der Waals surface area contributed by atoms with Crippen molar-refractivity contribution in [2.45, 2.75) is 6.42 Å². The third kappa shape index (κ3) is 5.32. The summed E-state index contributed by atoms with van der Waals surface area (Å²) < 4.78 is 24.2. The van der Waals surface area contributed by atoms with Gasteiger partial charge in [0.1, 0.15) is 12.4 Å². The molecule has 2 rings (SSSR count). The van der Waals surface area contributed by atoms with Gasteiger partial charge in [0.15, 0.2) is 17.5 Å². The normalized spacial score (nSPS) is 11.3. The van der Waals surface area contributed by atoms with Gasteiger partial charge in [0, 0.05) is 27.1 Å². The van der Waals surface area contributed by atoms with Crippen LogP contribution in [0.25, 0.3) is 0 Å². The fourth-order valence-electron chi connectivity index (χ4n) is 2.10. The van der Waals surface area contributed by atoms with Gasteiger partial charge < -0.3 is 19.4 Å². The van der Waals surface area contributed by atoms with Crippen LogP contribution < -0.4 is 10.1 Å². The Labute approximate surface area is 135 Å². The summed E-state index contributed by atoms with van der Waals surface area (Å²) >= 11 is 0. The van der Waals surface area contributed by atoms with E-state index < -0.39 is 0 Å². The number of nitrogens with zero attached hydrogens (tertiary/aromatic N) is 2. The minimum atomic E-state index is -0.351. The van der Waals surface area contributed by atoms with E-state index >= 15 is 0 Å². The summed E-state index contributed by atoms with van der Waals surface area (Å²) in [4.78, 5) is 6.15. The molecule has 1 aromatic carbocycles. The van der Waals surface area contributed by atoms with Gasteiger partial charge in [0.2, 0.25) is 0 Å². The molecule has 1 aromatic heterocycles. The molecule has 0 spiro atoms. The van der Waals surface area contributed by atoms with Crippen molar-refractivity contribution in [3.05, 3.63) is 54.2 Å². The van der Waals surface area contributed by atoms with Crippen molar-refractivity contribution < 1.29 is 13.5 Å². The number of aliphatic imine (C=N–C) groups is 1. The second-order valence-corrected chi connectivity index (χ2v) is 5.00. The molecule has 124 valence electrons. The molecule has 0 atom stereocenters. The second kappa shape index (κ2) is 8.82. The number of hydrogen-bond donors (Lipinski definition) is 1. The van der Waals surface area contributed by atoms with Gasteiger partial charge in [0.25, 0.3) is 0 Å². The minimum absolute atomic E-state index is 0.265. The van der Waals surface area contributed by atoms with Crippen LogP contribution in [0.2, 0.25) is 0 Å². The van der Waals surface area contributed by atoms with Crippen molar-refractivity contribution >= 4 is 5.96 Å². The highest BCUT2D eigenvalue weighted by Crippen LogP contribution is 2.14. The summed E-state index contributed by atoms with van der Waals surface area (Å²) in [5.41, 5.74) is 0. The molecule has 0 saturated carbocycles. The van der Waals surface area contributed by atoms with Crippen molar-refractivity contribution in [3.63, 3.8) is 0 Å². The van der Waals surface area contributed by atoms with E-state index in [0.29, 0.717) is 13.2 Å². The summed E-state index contributed by atoms with van der Waals surface area (Å²) in [6, 6.07) is 10.2. The second-order valence-electron chi connectivity index (χ2n) is 5.00. The minimum Gasteiger partial charge on any atom is -0.489 e. The maximum atomic E-state index is 13.5. The van der Waals surface area contributed by atoms with Crippen LogP contribution in [0.3, 0.4) is 0 Å². The largest absolute Gasteiger partial charge is 0.489 e. The predicted octanol–water partition coefficient (Wildman–Crippen LogP) is 2.55. The van der Waals surface area contributed by atoms with Gasteiger partial charge in [-0.1, -0.05) is 12.1 Å². The maximum Gasteiger partial charge on any atom is 0.193 e. The van der Waals surface area contributed by atoms with E-state index in [1.54, 1.807) is 31.5 Å². The molecule has 5 nitrogen and oxygen atoms in total. The Morgan fingerprint density at radius 3 is 2.83 bits per heavy atom. The molecule has 0 fully saturated rings. The van der Waals surface area contributed by atoms with Gasteiger partial charge in [-0.3, -0.25) is 4.99 Å². The first kappa shape index (κ1) is 16.9. The van der Waals surface area contributed by atoms with Crippen LogP contribution in [0.15, 0.2) is 52.1 Å². The lowest BCUT2D eigenvalue weighted by atomic mass is 10.3. The van der Waals surface area contributed by atoms with E-state index in [1.807, 2.05) is 24.1 Å². The lowest BCUT2D eigenvalue weighted by molar-refractivity contribution is 0.270. The standard InChI is InChI=1S/C17H22FN3O2/c1-19-17(20-10-9-14-6-5-12-22-14)21(2)11-13-23-16-8-4-3-7-15(16)18/h3-8,12H,9-11,13H2,1-2H3,(H,19,20). The van der Waals surface area contributed by atoms with Crippen molar-refractivity contribution in [1.29, 1.82) is 0 Å². The highest BCUT2D eigenvalue weighted by molar-refractivity contribution is 5.79. The molecular formula is C17H22FN3O2. The van der Waals surface area contributed by atoms with E-state index in [-0.39, 0.29) is 11.6 Å². The first-order valence-corrected chi connectivity index (χ1v) is 7.52. The van der Waals surface area contributed by atoms with Gasteiger partial charge in [-0.2, -0.15) is 0 Å². The molecule has 0 aliphatic carbocycles. The third-order valence-electron chi connectivity index (χ3n) is 3.33. The molecule has 0 bridgehead atoms. The number of rotatable bonds is 7. The Morgan fingerprint density at radius 1 is 1.30 bits per heavy atom. The average Bonchev–Trinajstić information content (AvgIpc) is 3.06. The number of guanidine groups is 1. The molecule has 0 radical (unpaired) electrons.